The molecule has 10 heteroatoms. The minimum Gasteiger partial charge on any atom is -0.396 e. The molecule has 0 bridgehead atoms. The van der Waals surface area contributed by atoms with E-state index in [1.165, 1.54) is 0 Å². The topological polar surface area (TPSA) is 88.0 Å². The van der Waals surface area contributed by atoms with Crippen molar-refractivity contribution in [1.82, 2.24) is 5.32 Å². The second-order valence-electron chi connectivity index (χ2n) is 9.63. The van der Waals surface area contributed by atoms with Gasteiger partial charge in [0.2, 0.25) is 0 Å². The van der Waals surface area contributed by atoms with E-state index >= 15 is 0 Å². The summed E-state index contributed by atoms with van der Waals surface area (Å²) in [4.78, 5) is 11.9. The van der Waals surface area contributed by atoms with Gasteiger partial charge in [-0.05, 0) is 39.9 Å². The molecule has 0 aliphatic carbocycles. The van der Waals surface area contributed by atoms with Crippen LogP contribution in [-0.2, 0) is 27.4 Å². The van der Waals surface area contributed by atoms with Crippen LogP contribution in [0, 0.1) is 5.92 Å². The van der Waals surface area contributed by atoms with Crippen LogP contribution in [0.3, 0.4) is 0 Å². The Balaban J connectivity index is 1.57. The van der Waals surface area contributed by atoms with E-state index in [9.17, 15) is 15.0 Å². The molecule has 1 amide bonds. The van der Waals surface area contributed by atoms with Gasteiger partial charge in [0.15, 0.2) is 6.29 Å². The first-order valence-corrected chi connectivity index (χ1v) is 15.2. The fourth-order valence-electron chi connectivity index (χ4n) is 4.58. The highest BCUT2D eigenvalue weighted by atomic mass is 35.6. The van der Waals surface area contributed by atoms with E-state index in [2.05, 4.69) is 12.2 Å². The number of hydrogen-bond donors (Lipinski definition) is 3. The van der Waals surface area contributed by atoms with Gasteiger partial charge in [0.25, 0.3) is 9.70 Å². The van der Waals surface area contributed by atoms with Crippen LogP contribution in [0.4, 0.5) is 0 Å². The maximum Gasteiger partial charge on any atom is 0.272 e. The van der Waals surface area contributed by atoms with Crippen molar-refractivity contribution in [3.63, 3.8) is 0 Å². The number of aliphatic hydroxyl groups is 2. The second-order valence-corrected chi connectivity index (χ2v) is 13.1. The average Bonchev–Trinajstić information content (AvgIpc) is 2.96. The lowest BCUT2D eigenvalue weighted by Gasteiger charge is -2.41. The van der Waals surface area contributed by atoms with Crippen molar-refractivity contribution in [3.05, 3.63) is 95.1 Å². The highest BCUT2D eigenvalue weighted by Crippen LogP contribution is 2.43. The SMILES string of the molecule is CC1C(CSCCO)OC(c2cccc(-c3cccc(CNC(=O)C(Cl)(Cl)Cl)c3)c2)OC1c1ccc(CO)cc1. The number of alkyl halides is 3. The lowest BCUT2D eigenvalue weighted by molar-refractivity contribution is -0.268. The van der Waals surface area contributed by atoms with E-state index < -0.39 is 16.0 Å². The molecule has 1 saturated heterocycles. The van der Waals surface area contributed by atoms with Crippen molar-refractivity contribution in [1.29, 1.82) is 0 Å². The fraction of sp³-hybridized carbons (Fsp3) is 0.367. The van der Waals surface area contributed by atoms with Gasteiger partial charge in [-0.15, -0.1) is 0 Å². The van der Waals surface area contributed by atoms with Crippen molar-refractivity contribution >= 4 is 52.5 Å². The first-order chi connectivity index (χ1) is 19.2. The summed E-state index contributed by atoms with van der Waals surface area (Å²) in [5, 5.41) is 21.4. The Morgan fingerprint density at radius 3 is 2.30 bits per heavy atom. The van der Waals surface area contributed by atoms with Crippen LogP contribution in [0.25, 0.3) is 11.1 Å². The van der Waals surface area contributed by atoms with Gasteiger partial charge in [-0.1, -0.05) is 102 Å². The quantitative estimate of drug-likeness (QED) is 0.180. The number of amides is 1. The Hall–Kier alpha value is -1.81. The third-order valence-corrected chi connectivity index (χ3v) is 8.32. The van der Waals surface area contributed by atoms with Crippen LogP contribution in [0.2, 0.25) is 0 Å². The summed E-state index contributed by atoms with van der Waals surface area (Å²) in [5.41, 5.74) is 5.53. The smallest absolute Gasteiger partial charge is 0.272 e. The molecule has 3 aromatic rings. The van der Waals surface area contributed by atoms with Crippen molar-refractivity contribution in [2.45, 2.75) is 42.4 Å². The number of benzene rings is 3. The molecule has 4 unspecified atom stereocenters. The Labute approximate surface area is 253 Å². The molecule has 1 fully saturated rings. The molecule has 40 heavy (non-hydrogen) atoms. The van der Waals surface area contributed by atoms with Gasteiger partial charge in [0.05, 0.1) is 25.4 Å². The number of halogens is 3. The van der Waals surface area contributed by atoms with Gasteiger partial charge in [-0.3, -0.25) is 4.79 Å². The molecule has 4 rings (SSSR count). The van der Waals surface area contributed by atoms with E-state index in [0.717, 1.165) is 39.1 Å². The molecule has 0 aromatic heterocycles. The maximum atomic E-state index is 11.9. The number of rotatable bonds is 10. The molecule has 0 spiro atoms. The number of thioether (sulfide) groups is 1. The van der Waals surface area contributed by atoms with E-state index in [0.29, 0.717) is 5.75 Å². The van der Waals surface area contributed by atoms with E-state index in [1.54, 1.807) is 11.8 Å². The van der Waals surface area contributed by atoms with Crippen LogP contribution < -0.4 is 5.32 Å². The molecule has 6 nitrogen and oxygen atoms in total. The number of carbonyl (C=O) groups excluding carboxylic acids is 1. The first kappa shape index (κ1) is 31.1. The standard InChI is InChI=1S/C30H32Cl3NO5S/c1-19-26(18-40-13-12-35)38-28(39-27(19)22-10-8-20(17-36)9-11-22)25-7-3-6-24(15-25)23-5-2-4-21(14-23)16-34-29(37)30(31,32)33/h2-11,14-15,19,26-28,35-36H,12-13,16-18H2,1H3,(H,34,37). The zero-order valence-corrected chi connectivity index (χ0v) is 25.0. The second kappa shape index (κ2) is 14.4. The Bertz CT molecular complexity index is 1270. The average molecular weight is 625 g/mol. The summed E-state index contributed by atoms with van der Waals surface area (Å²) in [7, 11) is 0. The summed E-state index contributed by atoms with van der Waals surface area (Å²) in [6.07, 6.45) is -0.892. The molecule has 1 heterocycles. The summed E-state index contributed by atoms with van der Waals surface area (Å²) >= 11 is 18.6. The molecule has 1 aliphatic rings. The fourth-order valence-corrected chi connectivity index (χ4v) is 5.69. The van der Waals surface area contributed by atoms with Crippen LogP contribution >= 0.6 is 46.6 Å². The molecule has 1 aliphatic heterocycles. The normalized spacial score (nSPS) is 21.2. The number of hydrogen-bond acceptors (Lipinski definition) is 6. The van der Waals surface area contributed by atoms with Crippen LogP contribution in [0.15, 0.2) is 72.8 Å². The lowest BCUT2D eigenvalue weighted by atomic mass is 9.91. The van der Waals surface area contributed by atoms with E-state index in [-0.39, 0.29) is 37.9 Å². The third-order valence-electron chi connectivity index (χ3n) is 6.77. The molecule has 0 radical (unpaired) electrons. The van der Waals surface area contributed by atoms with Crippen LogP contribution in [-0.4, -0.2) is 44.1 Å². The van der Waals surface area contributed by atoms with Crippen molar-refractivity contribution < 1.29 is 24.5 Å². The zero-order valence-electron chi connectivity index (χ0n) is 21.9. The first-order valence-electron chi connectivity index (χ1n) is 12.9. The van der Waals surface area contributed by atoms with Crippen molar-refractivity contribution in [3.8, 4) is 11.1 Å². The zero-order chi connectivity index (χ0) is 28.7. The van der Waals surface area contributed by atoms with Crippen molar-refractivity contribution in [2.24, 2.45) is 5.92 Å². The lowest BCUT2D eigenvalue weighted by Crippen LogP contribution is -2.38. The Morgan fingerprint density at radius 2 is 1.62 bits per heavy atom. The molecular formula is C30H32Cl3NO5S. The highest BCUT2D eigenvalue weighted by molar-refractivity contribution is 7.99. The van der Waals surface area contributed by atoms with Gasteiger partial charge in [0.1, 0.15) is 0 Å². The number of ether oxygens (including phenoxy) is 2. The number of aliphatic hydroxyl groups excluding tert-OH is 2. The monoisotopic (exact) mass is 623 g/mol. The van der Waals surface area contributed by atoms with Gasteiger partial charge < -0.3 is 25.0 Å². The van der Waals surface area contributed by atoms with Gasteiger partial charge >= 0.3 is 0 Å². The molecular weight excluding hydrogens is 593 g/mol. The summed E-state index contributed by atoms with van der Waals surface area (Å²) < 4.78 is 11.0. The van der Waals surface area contributed by atoms with Crippen LogP contribution in [0.1, 0.15) is 41.6 Å². The van der Waals surface area contributed by atoms with Gasteiger partial charge in [-0.25, -0.2) is 0 Å². The summed E-state index contributed by atoms with van der Waals surface area (Å²) in [6.45, 7) is 2.44. The van der Waals surface area contributed by atoms with Crippen LogP contribution in [0.5, 0.6) is 0 Å². The molecule has 0 saturated carbocycles. The van der Waals surface area contributed by atoms with Gasteiger partial charge in [0, 0.05) is 29.5 Å². The predicted molar refractivity (Wildman–Crippen MR) is 161 cm³/mol. The summed E-state index contributed by atoms with van der Waals surface area (Å²) in [5.74, 6) is 0.763. The van der Waals surface area contributed by atoms with Gasteiger partial charge in [-0.2, -0.15) is 11.8 Å². The largest absolute Gasteiger partial charge is 0.396 e. The molecule has 3 N–H and O–H groups in total. The number of carbonyl (C=O) groups is 1. The van der Waals surface area contributed by atoms with E-state index in [4.69, 9.17) is 44.3 Å². The van der Waals surface area contributed by atoms with Crippen molar-refractivity contribution in [2.75, 3.05) is 18.1 Å². The number of nitrogens with one attached hydrogen (secondary N) is 1. The predicted octanol–water partition coefficient (Wildman–Crippen LogP) is 6.35. The highest BCUT2D eigenvalue weighted by Gasteiger charge is 2.38. The minimum absolute atomic E-state index is 0.0131. The summed E-state index contributed by atoms with van der Waals surface area (Å²) in [6, 6.07) is 23.6. The Morgan fingerprint density at radius 1 is 0.925 bits per heavy atom. The maximum absolute atomic E-state index is 11.9. The third kappa shape index (κ3) is 8.14. The molecule has 214 valence electrons. The minimum atomic E-state index is -2.02. The molecule has 3 aromatic carbocycles. The Kier molecular flexibility index (Phi) is 11.2. The molecule has 4 atom stereocenters. The van der Waals surface area contributed by atoms with E-state index in [1.807, 2.05) is 72.8 Å².